The van der Waals surface area contributed by atoms with E-state index in [-0.39, 0.29) is 11.6 Å². The molecule has 142 valence electrons. The average molecular weight is 380 g/mol. The predicted molar refractivity (Wildman–Crippen MR) is 102 cm³/mol. The van der Waals surface area contributed by atoms with Gasteiger partial charge in [0.2, 0.25) is 5.95 Å². The number of fused-ring (bicyclic) bond motifs is 1. The number of ether oxygens (including phenoxy) is 2. The van der Waals surface area contributed by atoms with E-state index in [0.717, 1.165) is 0 Å². The SMILES string of the molecule is Cc1cc(C(=O)Nc2cccc(F)c2)nc(Nc2ccc3c(c2)OCCO3)n1. The molecule has 0 unspecified atom stereocenters. The van der Waals surface area contributed by atoms with Crippen molar-refractivity contribution in [2.75, 3.05) is 23.8 Å². The highest BCUT2D eigenvalue weighted by Crippen LogP contribution is 2.33. The van der Waals surface area contributed by atoms with E-state index in [2.05, 4.69) is 20.6 Å². The molecule has 8 heteroatoms. The fourth-order valence-corrected chi connectivity index (χ4v) is 2.75. The first-order valence-electron chi connectivity index (χ1n) is 8.66. The van der Waals surface area contributed by atoms with Crippen LogP contribution in [-0.4, -0.2) is 29.1 Å². The molecule has 0 bridgehead atoms. The van der Waals surface area contributed by atoms with E-state index in [9.17, 15) is 9.18 Å². The van der Waals surface area contributed by atoms with Crippen molar-refractivity contribution in [1.29, 1.82) is 0 Å². The van der Waals surface area contributed by atoms with Gasteiger partial charge in [0, 0.05) is 23.1 Å². The Labute approximate surface area is 160 Å². The number of carbonyl (C=O) groups is 1. The lowest BCUT2D eigenvalue weighted by Crippen LogP contribution is -2.16. The molecule has 0 saturated heterocycles. The number of rotatable bonds is 4. The second kappa shape index (κ2) is 7.51. The minimum Gasteiger partial charge on any atom is -0.486 e. The van der Waals surface area contributed by atoms with Crippen LogP contribution in [0.2, 0.25) is 0 Å². The minimum absolute atomic E-state index is 0.164. The zero-order valence-corrected chi connectivity index (χ0v) is 15.0. The lowest BCUT2D eigenvalue weighted by molar-refractivity contribution is 0.102. The van der Waals surface area contributed by atoms with Gasteiger partial charge in [0.1, 0.15) is 24.7 Å². The van der Waals surface area contributed by atoms with Gasteiger partial charge in [-0.1, -0.05) is 6.07 Å². The Morgan fingerprint density at radius 3 is 2.64 bits per heavy atom. The molecule has 7 nitrogen and oxygen atoms in total. The molecule has 1 aromatic heterocycles. The highest BCUT2D eigenvalue weighted by atomic mass is 19.1. The van der Waals surface area contributed by atoms with Gasteiger partial charge in [-0.2, -0.15) is 0 Å². The number of carbonyl (C=O) groups excluding carboxylic acids is 1. The Morgan fingerprint density at radius 2 is 1.82 bits per heavy atom. The fraction of sp³-hybridized carbons (Fsp3) is 0.150. The van der Waals surface area contributed by atoms with Gasteiger partial charge in [-0.05, 0) is 43.3 Å². The maximum atomic E-state index is 13.3. The van der Waals surface area contributed by atoms with Gasteiger partial charge < -0.3 is 20.1 Å². The third kappa shape index (κ3) is 4.01. The summed E-state index contributed by atoms with van der Waals surface area (Å²) in [4.78, 5) is 21.1. The minimum atomic E-state index is -0.457. The molecule has 2 N–H and O–H groups in total. The molecular weight excluding hydrogens is 363 g/mol. The molecule has 1 aliphatic rings. The number of hydrogen-bond acceptors (Lipinski definition) is 6. The maximum Gasteiger partial charge on any atom is 0.274 e. The molecule has 2 heterocycles. The smallest absolute Gasteiger partial charge is 0.274 e. The van der Waals surface area contributed by atoms with Crippen LogP contribution >= 0.6 is 0 Å². The van der Waals surface area contributed by atoms with Crippen LogP contribution in [0.3, 0.4) is 0 Å². The van der Waals surface area contributed by atoms with Crippen molar-refractivity contribution >= 4 is 23.2 Å². The highest BCUT2D eigenvalue weighted by Gasteiger charge is 2.14. The molecule has 4 rings (SSSR count). The first-order chi connectivity index (χ1) is 13.6. The lowest BCUT2D eigenvalue weighted by atomic mass is 10.2. The summed E-state index contributed by atoms with van der Waals surface area (Å²) in [6, 6.07) is 12.6. The van der Waals surface area contributed by atoms with E-state index in [0.29, 0.717) is 41.8 Å². The molecule has 1 amide bonds. The van der Waals surface area contributed by atoms with Crippen LogP contribution < -0.4 is 20.1 Å². The van der Waals surface area contributed by atoms with Crippen LogP contribution in [0, 0.1) is 12.7 Å². The Balaban J connectivity index is 1.54. The fourth-order valence-electron chi connectivity index (χ4n) is 2.75. The first kappa shape index (κ1) is 17.7. The van der Waals surface area contributed by atoms with Crippen LogP contribution in [0.4, 0.5) is 21.7 Å². The number of anilines is 3. The number of benzene rings is 2. The van der Waals surface area contributed by atoms with Gasteiger partial charge in [0.15, 0.2) is 11.5 Å². The summed E-state index contributed by atoms with van der Waals surface area (Å²) >= 11 is 0. The van der Waals surface area contributed by atoms with E-state index in [4.69, 9.17) is 9.47 Å². The molecule has 0 aliphatic carbocycles. The van der Waals surface area contributed by atoms with Crippen molar-refractivity contribution in [3.05, 3.63) is 65.7 Å². The summed E-state index contributed by atoms with van der Waals surface area (Å²) in [6.45, 7) is 2.77. The molecule has 3 aromatic rings. The lowest BCUT2D eigenvalue weighted by Gasteiger charge is -2.19. The summed E-state index contributed by atoms with van der Waals surface area (Å²) < 4.78 is 24.4. The molecule has 0 fully saturated rings. The number of nitrogens with zero attached hydrogens (tertiary/aromatic N) is 2. The van der Waals surface area contributed by atoms with Crippen LogP contribution in [0.25, 0.3) is 0 Å². The normalized spacial score (nSPS) is 12.4. The molecule has 0 spiro atoms. The molecule has 1 aliphatic heterocycles. The summed E-state index contributed by atoms with van der Waals surface area (Å²) in [6.07, 6.45) is 0. The summed E-state index contributed by atoms with van der Waals surface area (Å²) in [5, 5.41) is 5.69. The summed E-state index contributed by atoms with van der Waals surface area (Å²) in [5.41, 5.74) is 1.82. The third-order valence-electron chi connectivity index (χ3n) is 3.97. The molecule has 0 atom stereocenters. The van der Waals surface area contributed by atoms with E-state index >= 15 is 0 Å². The van der Waals surface area contributed by atoms with E-state index in [1.54, 1.807) is 31.2 Å². The number of nitrogens with one attached hydrogen (secondary N) is 2. The molecule has 28 heavy (non-hydrogen) atoms. The first-order valence-corrected chi connectivity index (χ1v) is 8.66. The number of aryl methyl sites for hydroxylation is 1. The summed E-state index contributed by atoms with van der Waals surface area (Å²) in [5.74, 6) is 0.685. The van der Waals surface area contributed by atoms with Crippen molar-refractivity contribution in [3.63, 3.8) is 0 Å². The number of amides is 1. The van der Waals surface area contributed by atoms with Crippen LogP contribution in [-0.2, 0) is 0 Å². The standard InChI is InChI=1S/C20H17FN4O3/c1-12-9-16(19(26)23-14-4-2-3-13(21)10-14)25-20(22-12)24-15-5-6-17-18(11-15)28-8-7-27-17/h2-6,9-11H,7-8H2,1H3,(H,23,26)(H,22,24,25). The van der Waals surface area contributed by atoms with Crippen molar-refractivity contribution in [1.82, 2.24) is 9.97 Å². The number of aromatic nitrogens is 2. The van der Waals surface area contributed by atoms with Gasteiger partial charge in [-0.15, -0.1) is 0 Å². The van der Waals surface area contributed by atoms with Gasteiger partial charge >= 0.3 is 0 Å². The Kier molecular flexibility index (Phi) is 4.76. The quantitative estimate of drug-likeness (QED) is 0.718. The van der Waals surface area contributed by atoms with Crippen molar-refractivity contribution in [3.8, 4) is 11.5 Å². The van der Waals surface area contributed by atoms with Crippen LogP contribution in [0.1, 0.15) is 16.2 Å². The maximum absolute atomic E-state index is 13.3. The van der Waals surface area contributed by atoms with E-state index < -0.39 is 11.7 Å². The topological polar surface area (TPSA) is 85.4 Å². The van der Waals surface area contributed by atoms with Crippen molar-refractivity contribution in [2.45, 2.75) is 6.92 Å². The Bertz CT molecular complexity index is 1040. The summed E-state index contributed by atoms with van der Waals surface area (Å²) in [7, 11) is 0. The zero-order chi connectivity index (χ0) is 19.5. The van der Waals surface area contributed by atoms with Gasteiger partial charge in [-0.3, -0.25) is 4.79 Å². The van der Waals surface area contributed by atoms with Crippen LogP contribution in [0.5, 0.6) is 11.5 Å². The largest absolute Gasteiger partial charge is 0.486 e. The zero-order valence-electron chi connectivity index (χ0n) is 15.0. The predicted octanol–water partition coefficient (Wildman–Crippen LogP) is 3.69. The van der Waals surface area contributed by atoms with Crippen LogP contribution in [0.15, 0.2) is 48.5 Å². The third-order valence-corrected chi connectivity index (χ3v) is 3.97. The Hall–Kier alpha value is -3.68. The molecule has 0 radical (unpaired) electrons. The van der Waals surface area contributed by atoms with Crippen molar-refractivity contribution < 1.29 is 18.7 Å². The van der Waals surface area contributed by atoms with E-state index in [1.165, 1.54) is 18.2 Å². The number of hydrogen-bond donors (Lipinski definition) is 2. The molecule has 0 saturated carbocycles. The Morgan fingerprint density at radius 1 is 1.00 bits per heavy atom. The van der Waals surface area contributed by atoms with E-state index in [1.807, 2.05) is 6.07 Å². The second-order valence-corrected chi connectivity index (χ2v) is 6.17. The second-order valence-electron chi connectivity index (χ2n) is 6.17. The van der Waals surface area contributed by atoms with Crippen molar-refractivity contribution in [2.24, 2.45) is 0 Å². The number of halogens is 1. The molecule has 2 aromatic carbocycles. The average Bonchev–Trinajstić information content (AvgIpc) is 2.67. The monoisotopic (exact) mass is 380 g/mol. The van der Waals surface area contributed by atoms with Gasteiger partial charge in [0.05, 0.1) is 0 Å². The van der Waals surface area contributed by atoms with Gasteiger partial charge in [0.25, 0.3) is 5.91 Å². The van der Waals surface area contributed by atoms with Gasteiger partial charge in [-0.25, -0.2) is 14.4 Å². The highest BCUT2D eigenvalue weighted by molar-refractivity contribution is 6.03. The molecular formula is C20H17FN4O3.